The summed E-state index contributed by atoms with van der Waals surface area (Å²) in [5.74, 6) is -1.68. The summed E-state index contributed by atoms with van der Waals surface area (Å²) in [4.78, 5) is 53.0. The van der Waals surface area contributed by atoms with E-state index in [0.29, 0.717) is 13.0 Å². The van der Waals surface area contributed by atoms with E-state index < -0.39 is 23.5 Å². The normalized spacial score (nSPS) is 33.2. The second-order valence-corrected chi connectivity index (χ2v) is 7.38. The molecule has 4 atom stereocenters. The van der Waals surface area contributed by atoms with Crippen molar-refractivity contribution in [1.82, 2.24) is 9.80 Å². The smallest absolute Gasteiger partial charge is 0.404 e. The van der Waals surface area contributed by atoms with E-state index in [4.69, 9.17) is 20.9 Å². The van der Waals surface area contributed by atoms with Gasteiger partial charge < -0.3 is 30.7 Å². The fourth-order valence-electron chi connectivity index (χ4n) is 5.00. The first-order valence-electron chi connectivity index (χ1n) is 9.08. The summed E-state index contributed by atoms with van der Waals surface area (Å²) in [6.07, 6.45) is -0.679. The van der Waals surface area contributed by atoms with Gasteiger partial charge in [0, 0.05) is 31.2 Å². The minimum Gasteiger partial charge on any atom is -0.449 e. The predicted octanol–water partition coefficient (Wildman–Crippen LogP) is -1.00. The molecule has 0 bridgehead atoms. The van der Waals surface area contributed by atoms with Gasteiger partial charge in [0.25, 0.3) is 0 Å². The summed E-state index contributed by atoms with van der Waals surface area (Å²) in [5.41, 5.74) is 10.2. The Balaban J connectivity index is 1.82. The number of primary amides is 1. The topological polar surface area (TPSA) is 145 Å². The maximum absolute atomic E-state index is 13.0. The van der Waals surface area contributed by atoms with E-state index in [-0.39, 0.29) is 52.9 Å². The fourth-order valence-corrected chi connectivity index (χ4v) is 5.00. The van der Waals surface area contributed by atoms with E-state index >= 15 is 0 Å². The molecule has 0 aromatic rings. The molecule has 2 amide bonds. The number of carbonyl (C=O) groups is 4. The van der Waals surface area contributed by atoms with E-state index in [2.05, 4.69) is 0 Å². The Morgan fingerprint density at radius 3 is 2.54 bits per heavy atom. The van der Waals surface area contributed by atoms with Gasteiger partial charge in [0.1, 0.15) is 12.6 Å². The van der Waals surface area contributed by atoms with Gasteiger partial charge in [-0.3, -0.25) is 14.4 Å². The van der Waals surface area contributed by atoms with Gasteiger partial charge in [0.2, 0.25) is 17.5 Å². The molecule has 28 heavy (non-hydrogen) atoms. The highest BCUT2D eigenvalue weighted by Crippen LogP contribution is 2.59. The zero-order chi connectivity index (χ0) is 20.5. The number of Topliss-reactive ketones (excluding diaryl/α,β-unsaturated/α-hetero) is 2. The highest BCUT2D eigenvalue weighted by Gasteiger charge is 2.77. The molecule has 3 aliphatic heterocycles. The summed E-state index contributed by atoms with van der Waals surface area (Å²) in [7, 11) is 1.45. The van der Waals surface area contributed by atoms with Crippen molar-refractivity contribution in [3.63, 3.8) is 0 Å². The number of nitrogens with zero attached hydrogens (tertiary/aromatic N) is 2. The van der Waals surface area contributed by atoms with E-state index in [1.807, 2.05) is 0 Å². The van der Waals surface area contributed by atoms with Gasteiger partial charge in [-0.2, -0.15) is 0 Å². The van der Waals surface area contributed by atoms with Gasteiger partial charge in [-0.15, -0.1) is 0 Å². The SMILES string of the molecule is CCC(=O)N1C2CN3C4=C(C(=O)C(N)=C(C)C4=O)[C@@H](COC(N)=O)C3(OC)C21. The molecular formula is C18H22N4O6. The second kappa shape index (κ2) is 5.81. The number of hydrogen-bond donors (Lipinski definition) is 2. The van der Waals surface area contributed by atoms with Crippen LogP contribution in [-0.2, 0) is 23.9 Å². The lowest BCUT2D eigenvalue weighted by Crippen LogP contribution is -2.56. The highest BCUT2D eigenvalue weighted by molar-refractivity contribution is 6.25. The van der Waals surface area contributed by atoms with E-state index in [0.717, 1.165) is 0 Å². The molecule has 1 aliphatic carbocycles. The lowest BCUT2D eigenvalue weighted by Gasteiger charge is -2.41. The molecule has 3 unspecified atom stereocenters. The number of carbonyl (C=O) groups excluding carboxylic acids is 4. The Morgan fingerprint density at radius 2 is 1.96 bits per heavy atom. The predicted molar refractivity (Wildman–Crippen MR) is 94.1 cm³/mol. The van der Waals surface area contributed by atoms with Crippen LogP contribution >= 0.6 is 0 Å². The number of ketones is 2. The van der Waals surface area contributed by atoms with Crippen LogP contribution in [0.25, 0.3) is 0 Å². The molecule has 0 saturated carbocycles. The van der Waals surface area contributed by atoms with Crippen LogP contribution < -0.4 is 11.5 Å². The molecule has 4 rings (SSSR count). The molecular weight excluding hydrogens is 368 g/mol. The molecule has 2 saturated heterocycles. The molecule has 0 radical (unpaired) electrons. The van der Waals surface area contributed by atoms with Crippen LogP contribution in [0.15, 0.2) is 22.5 Å². The zero-order valence-corrected chi connectivity index (χ0v) is 15.9. The third-order valence-electron chi connectivity index (χ3n) is 6.28. The zero-order valence-electron chi connectivity index (χ0n) is 15.9. The summed E-state index contributed by atoms with van der Waals surface area (Å²) in [5, 5.41) is 0. The molecule has 4 aliphatic rings. The average Bonchev–Trinajstić information content (AvgIpc) is 3.17. The van der Waals surface area contributed by atoms with Crippen molar-refractivity contribution in [1.29, 1.82) is 0 Å². The van der Waals surface area contributed by atoms with Gasteiger partial charge >= 0.3 is 6.09 Å². The summed E-state index contributed by atoms with van der Waals surface area (Å²) < 4.78 is 10.9. The first kappa shape index (κ1) is 18.5. The number of fused-ring (bicyclic) bond motifs is 4. The molecule has 150 valence electrons. The molecule has 0 aromatic heterocycles. The Hall–Kier alpha value is -2.88. The number of ether oxygens (including phenoxy) is 2. The number of allylic oxidation sites excluding steroid dienone is 2. The van der Waals surface area contributed by atoms with Crippen molar-refractivity contribution in [2.75, 3.05) is 20.3 Å². The largest absolute Gasteiger partial charge is 0.449 e. The average molecular weight is 390 g/mol. The number of methoxy groups -OCH3 is 1. The van der Waals surface area contributed by atoms with Crippen molar-refractivity contribution < 1.29 is 28.7 Å². The quantitative estimate of drug-likeness (QED) is 0.459. The summed E-state index contributed by atoms with van der Waals surface area (Å²) in [6, 6.07) is -0.497. The fraction of sp³-hybridized carbons (Fsp3) is 0.556. The van der Waals surface area contributed by atoms with Crippen LogP contribution in [-0.4, -0.2) is 71.4 Å². The molecule has 3 heterocycles. The lowest BCUT2D eigenvalue weighted by molar-refractivity contribution is -0.153. The van der Waals surface area contributed by atoms with Crippen LogP contribution in [0.3, 0.4) is 0 Å². The van der Waals surface area contributed by atoms with Crippen LogP contribution in [0.4, 0.5) is 4.79 Å². The van der Waals surface area contributed by atoms with Gasteiger partial charge in [-0.1, -0.05) is 6.92 Å². The Labute approximate surface area is 161 Å². The first-order valence-corrected chi connectivity index (χ1v) is 9.08. The van der Waals surface area contributed by atoms with Crippen molar-refractivity contribution >= 4 is 23.6 Å². The number of rotatable bonds is 4. The van der Waals surface area contributed by atoms with E-state index in [1.165, 1.54) is 14.0 Å². The van der Waals surface area contributed by atoms with Crippen molar-refractivity contribution in [2.45, 2.75) is 38.1 Å². The summed E-state index contributed by atoms with van der Waals surface area (Å²) in [6.45, 7) is 3.36. The lowest BCUT2D eigenvalue weighted by atomic mass is 9.82. The first-order chi connectivity index (χ1) is 13.2. The molecule has 0 spiro atoms. The van der Waals surface area contributed by atoms with Gasteiger partial charge in [-0.25, -0.2) is 4.79 Å². The van der Waals surface area contributed by atoms with Gasteiger partial charge in [0.05, 0.1) is 23.4 Å². The van der Waals surface area contributed by atoms with Gasteiger partial charge in [0.15, 0.2) is 5.72 Å². The number of nitrogens with two attached hydrogens (primary N) is 2. The molecule has 2 fully saturated rings. The molecule has 0 aromatic carbocycles. The van der Waals surface area contributed by atoms with Crippen molar-refractivity contribution in [3.05, 3.63) is 22.5 Å². The van der Waals surface area contributed by atoms with Crippen LogP contribution in [0, 0.1) is 5.92 Å². The number of hydrogen-bond acceptors (Lipinski definition) is 8. The van der Waals surface area contributed by atoms with E-state index in [1.54, 1.807) is 16.7 Å². The van der Waals surface area contributed by atoms with E-state index in [9.17, 15) is 19.2 Å². The number of amides is 2. The molecule has 10 heteroatoms. The molecule has 4 N–H and O–H groups in total. The Morgan fingerprint density at radius 1 is 1.29 bits per heavy atom. The highest BCUT2D eigenvalue weighted by atomic mass is 16.6. The third kappa shape index (κ3) is 2.00. The minimum absolute atomic E-state index is 0.0445. The van der Waals surface area contributed by atoms with Crippen molar-refractivity contribution in [2.24, 2.45) is 17.4 Å². The van der Waals surface area contributed by atoms with Crippen LogP contribution in [0.1, 0.15) is 20.3 Å². The standard InChI is InChI=1S/C18H22N4O6/c1-4-10(23)22-9-5-21-13-11(15(25)12(19)7(2)14(13)24)8(6-28-17(20)26)18(21,27-3)16(9)22/h8-9,16H,4-6,19H2,1-3H3,(H2,20,26)/t8-,9?,16?,18?,22?/m1/s1. The monoisotopic (exact) mass is 390 g/mol. The number of piperazine rings is 1. The molecule has 10 nitrogen and oxygen atoms in total. The minimum atomic E-state index is -1.19. The maximum atomic E-state index is 13.0. The van der Waals surface area contributed by atoms with Crippen LogP contribution in [0.5, 0.6) is 0 Å². The van der Waals surface area contributed by atoms with Gasteiger partial charge in [-0.05, 0) is 6.92 Å². The Bertz CT molecular complexity index is 893. The third-order valence-corrected chi connectivity index (χ3v) is 6.28. The second-order valence-electron chi connectivity index (χ2n) is 7.38. The Kier molecular flexibility index (Phi) is 3.83. The van der Waals surface area contributed by atoms with Crippen LogP contribution in [0.2, 0.25) is 0 Å². The summed E-state index contributed by atoms with van der Waals surface area (Å²) >= 11 is 0. The maximum Gasteiger partial charge on any atom is 0.404 e. The van der Waals surface area contributed by atoms with Crippen molar-refractivity contribution in [3.8, 4) is 0 Å².